The van der Waals surface area contributed by atoms with Crippen molar-refractivity contribution in [2.45, 2.75) is 57.0 Å². The number of rotatable bonds is 4. The fourth-order valence-electron chi connectivity index (χ4n) is 4.46. The zero-order valence-electron chi connectivity index (χ0n) is 11.7. The van der Waals surface area contributed by atoms with Crippen LogP contribution in [0.15, 0.2) is 0 Å². The molecule has 2 heterocycles. The second-order valence-electron chi connectivity index (χ2n) is 6.53. The lowest BCUT2D eigenvalue weighted by Gasteiger charge is -2.32. The minimum absolute atomic E-state index is 0.681. The fourth-order valence-corrected chi connectivity index (χ4v) is 4.46. The summed E-state index contributed by atoms with van der Waals surface area (Å²) in [6, 6.07) is 1.52. The predicted molar refractivity (Wildman–Crippen MR) is 75.6 cm³/mol. The molecule has 3 fully saturated rings. The second-order valence-corrected chi connectivity index (χ2v) is 6.53. The third-order valence-electron chi connectivity index (χ3n) is 5.51. The fraction of sp³-hybridized carbons (Fsp3) is 1.00. The topological polar surface area (TPSA) is 32.5 Å². The molecule has 2 N–H and O–H groups in total. The Balaban J connectivity index is 1.55. The first kappa shape index (κ1) is 12.9. The van der Waals surface area contributed by atoms with Gasteiger partial charge < -0.3 is 5.73 Å². The van der Waals surface area contributed by atoms with Gasteiger partial charge in [-0.15, -0.1) is 0 Å². The van der Waals surface area contributed by atoms with E-state index >= 15 is 0 Å². The van der Waals surface area contributed by atoms with Gasteiger partial charge >= 0.3 is 0 Å². The van der Waals surface area contributed by atoms with Crippen molar-refractivity contribution in [3.8, 4) is 0 Å². The first-order valence-electron chi connectivity index (χ1n) is 8.06. The van der Waals surface area contributed by atoms with Gasteiger partial charge in [0.2, 0.25) is 0 Å². The lowest BCUT2D eigenvalue weighted by molar-refractivity contribution is 0.160. The maximum Gasteiger partial charge on any atom is 0.0247 e. The molecule has 2 aliphatic heterocycles. The van der Waals surface area contributed by atoms with Gasteiger partial charge in [-0.2, -0.15) is 0 Å². The molecule has 0 amide bonds. The van der Waals surface area contributed by atoms with Gasteiger partial charge in [-0.1, -0.05) is 12.8 Å². The number of nitrogens with two attached hydrogens (primary N) is 1. The van der Waals surface area contributed by atoms with Gasteiger partial charge in [-0.3, -0.25) is 9.80 Å². The van der Waals surface area contributed by atoms with Crippen molar-refractivity contribution in [3.05, 3.63) is 0 Å². The molecule has 3 nitrogen and oxygen atoms in total. The predicted octanol–water partition coefficient (Wildman–Crippen LogP) is 1.67. The van der Waals surface area contributed by atoms with Crippen LogP contribution in [0.1, 0.15) is 44.9 Å². The molecule has 2 saturated heterocycles. The number of nitrogens with zero attached hydrogens (tertiary/aromatic N) is 2. The van der Waals surface area contributed by atoms with Crippen LogP contribution in [0.3, 0.4) is 0 Å². The largest absolute Gasteiger partial charge is 0.329 e. The van der Waals surface area contributed by atoms with E-state index in [-0.39, 0.29) is 0 Å². The molecule has 18 heavy (non-hydrogen) atoms. The Morgan fingerprint density at radius 1 is 0.944 bits per heavy atom. The van der Waals surface area contributed by atoms with Crippen molar-refractivity contribution >= 4 is 0 Å². The highest BCUT2D eigenvalue weighted by molar-refractivity contribution is 4.92. The normalized spacial score (nSPS) is 33.5. The van der Waals surface area contributed by atoms with Gasteiger partial charge in [-0.05, 0) is 51.1 Å². The Morgan fingerprint density at radius 3 is 2.33 bits per heavy atom. The molecule has 1 saturated carbocycles. The minimum atomic E-state index is 0.681. The Hall–Kier alpha value is -0.120. The first-order valence-corrected chi connectivity index (χ1v) is 8.06. The quantitative estimate of drug-likeness (QED) is 0.825. The number of likely N-dealkylation sites (tertiary alicyclic amines) is 2. The van der Waals surface area contributed by atoms with Gasteiger partial charge in [0.05, 0.1) is 0 Å². The monoisotopic (exact) mass is 251 g/mol. The highest BCUT2D eigenvalue weighted by Gasteiger charge is 2.35. The van der Waals surface area contributed by atoms with E-state index < -0.39 is 0 Å². The van der Waals surface area contributed by atoms with E-state index in [9.17, 15) is 0 Å². The van der Waals surface area contributed by atoms with Crippen molar-refractivity contribution in [2.75, 3.05) is 32.7 Å². The Bertz CT molecular complexity index is 256. The zero-order chi connectivity index (χ0) is 12.4. The molecule has 3 aliphatic rings. The van der Waals surface area contributed by atoms with Crippen molar-refractivity contribution in [1.82, 2.24) is 9.80 Å². The van der Waals surface area contributed by atoms with E-state index in [1.807, 2.05) is 0 Å². The van der Waals surface area contributed by atoms with Crippen LogP contribution in [0, 0.1) is 5.92 Å². The van der Waals surface area contributed by atoms with Gasteiger partial charge in [-0.25, -0.2) is 0 Å². The molecule has 1 aliphatic carbocycles. The summed E-state index contributed by atoms with van der Waals surface area (Å²) in [7, 11) is 0. The summed E-state index contributed by atoms with van der Waals surface area (Å²) in [5, 5.41) is 0. The summed E-state index contributed by atoms with van der Waals surface area (Å²) >= 11 is 0. The Labute approximate surface area is 112 Å². The SMILES string of the molecule is NCC(C1CCCC1)N1CCC(N2CCCC2)C1. The van der Waals surface area contributed by atoms with Gasteiger partial charge in [0.15, 0.2) is 0 Å². The van der Waals surface area contributed by atoms with Crippen LogP contribution in [0.5, 0.6) is 0 Å². The molecule has 0 radical (unpaired) electrons. The highest BCUT2D eigenvalue weighted by atomic mass is 15.3. The summed E-state index contributed by atoms with van der Waals surface area (Å²) in [6.07, 6.45) is 9.93. The third kappa shape index (κ3) is 2.59. The standard InChI is InChI=1S/C15H29N3/c16-11-15(13-5-1-2-6-13)18-10-7-14(12-18)17-8-3-4-9-17/h13-15H,1-12,16H2. The number of hydrogen-bond donors (Lipinski definition) is 1. The molecule has 0 aromatic carbocycles. The molecule has 104 valence electrons. The molecule has 2 atom stereocenters. The van der Waals surface area contributed by atoms with E-state index in [1.54, 1.807) is 0 Å². The van der Waals surface area contributed by atoms with Gasteiger partial charge in [0, 0.05) is 31.7 Å². The second kappa shape index (κ2) is 5.89. The summed E-state index contributed by atoms with van der Waals surface area (Å²) in [5.74, 6) is 0.896. The Morgan fingerprint density at radius 2 is 1.67 bits per heavy atom. The van der Waals surface area contributed by atoms with Crippen LogP contribution in [0.4, 0.5) is 0 Å². The van der Waals surface area contributed by atoms with Crippen molar-refractivity contribution < 1.29 is 0 Å². The van der Waals surface area contributed by atoms with Crippen LogP contribution in [-0.2, 0) is 0 Å². The summed E-state index contributed by atoms with van der Waals surface area (Å²) < 4.78 is 0. The van der Waals surface area contributed by atoms with Crippen molar-refractivity contribution in [3.63, 3.8) is 0 Å². The van der Waals surface area contributed by atoms with Crippen molar-refractivity contribution in [2.24, 2.45) is 11.7 Å². The molecule has 3 rings (SSSR count). The summed E-state index contributed by atoms with van der Waals surface area (Å²) in [6.45, 7) is 6.14. The van der Waals surface area contributed by atoms with Crippen LogP contribution in [0.2, 0.25) is 0 Å². The maximum atomic E-state index is 6.08. The third-order valence-corrected chi connectivity index (χ3v) is 5.51. The smallest absolute Gasteiger partial charge is 0.0247 e. The highest BCUT2D eigenvalue weighted by Crippen LogP contribution is 2.32. The van der Waals surface area contributed by atoms with E-state index in [1.165, 1.54) is 71.1 Å². The average Bonchev–Trinajstić information content (AvgIpc) is 3.13. The molecule has 0 aromatic rings. The zero-order valence-corrected chi connectivity index (χ0v) is 11.7. The van der Waals surface area contributed by atoms with E-state index in [2.05, 4.69) is 9.80 Å². The summed E-state index contributed by atoms with van der Waals surface area (Å²) in [5.41, 5.74) is 6.08. The molecule has 0 bridgehead atoms. The van der Waals surface area contributed by atoms with E-state index in [0.717, 1.165) is 18.5 Å². The molecular formula is C15H29N3. The Kier molecular flexibility index (Phi) is 4.22. The molecule has 0 spiro atoms. The molecule has 3 heteroatoms. The lowest BCUT2D eigenvalue weighted by Crippen LogP contribution is -2.45. The van der Waals surface area contributed by atoms with Crippen LogP contribution < -0.4 is 5.73 Å². The summed E-state index contributed by atoms with van der Waals surface area (Å²) in [4.78, 5) is 5.45. The maximum absolute atomic E-state index is 6.08. The molecule has 2 unspecified atom stereocenters. The van der Waals surface area contributed by atoms with Crippen molar-refractivity contribution in [1.29, 1.82) is 0 Å². The number of hydrogen-bond acceptors (Lipinski definition) is 3. The molecule has 0 aromatic heterocycles. The lowest BCUT2D eigenvalue weighted by atomic mass is 9.97. The van der Waals surface area contributed by atoms with E-state index in [0.29, 0.717) is 6.04 Å². The molecular weight excluding hydrogens is 222 g/mol. The van der Waals surface area contributed by atoms with Crippen LogP contribution in [-0.4, -0.2) is 54.6 Å². The van der Waals surface area contributed by atoms with Gasteiger partial charge in [0.25, 0.3) is 0 Å². The average molecular weight is 251 g/mol. The minimum Gasteiger partial charge on any atom is -0.329 e. The van der Waals surface area contributed by atoms with Crippen LogP contribution >= 0.6 is 0 Å². The van der Waals surface area contributed by atoms with Gasteiger partial charge in [0.1, 0.15) is 0 Å². The van der Waals surface area contributed by atoms with E-state index in [4.69, 9.17) is 5.73 Å². The van der Waals surface area contributed by atoms with Crippen LogP contribution in [0.25, 0.3) is 0 Å². The first-order chi connectivity index (χ1) is 8.88.